The Balaban J connectivity index is -0.000000674. The van der Waals surface area contributed by atoms with E-state index in [0.29, 0.717) is 52.2 Å². The molecule has 0 aromatic heterocycles. The lowest BCUT2D eigenvalue weighted by Gasteiger charge is -2.31. The number of hydrogen-bond donors (Lipinski definition) is 0. The van der Waals surface area contributed by atoms with Gasteiger partial charge in [-0.25, -0.2) is 0 Å². The summed E-state index contributed by atoms with van der Waals surface area (Å²) in [4.78, 5) is 34.1. The van der Waals surface area contributed by atoms with Gasteiger partial charge in [0, 0.05) is 6.61 Å². The van der Waals surface area contributed by atoms with Crippen LogP contribution in [-0.2, 0) is 42.2 Å². The first-order valence-electron chi connectivity index (χ1n) is 19.8. The Hall–Kier alpha value is -1.28. The predicted octanol–water partition coefficient (Wildman–Crippen LogP) is 10.2. The lowest BCUT2D eigenvalue weighted by molar-refractivity contribution is -0.150. The van der Waals surface area contributed by atoms with Crippen LogP contribution in [0.15, 0.2) is 0 Å². The van der Waals surface area contributed by atoms with Crippen LogP contribution in [0.1, 0.15) is 127 Å². The topological polar surface area (TPSA) is 107 Å². The highest BCUT2D eigenvalue weighted by molar-refractivity contribution is 6.84. The van der Waals surface area contributed by atoms with Crippen molar-refractivity contribution >= 4 is 34.5 Å². The minimum Gasteiger partial charge on any atom is -0.465 e. The van der Waals surface area contributed by atoms with E-state index in [0.717, 1.165) is 38.5 Å². The van der Waals surface area contributed by atoms with Crippen molar-refractivity contribution in [3.63, 3.8) is 0 Å². The van der Waals surface area contributed by atoms with Gasteiger partial charge in [-0.15, -0.1) is 0 Å². The zero-order chi connectivity index (χ0) is 39.0. The van der Waals surface area contributed by atoms with Crippen LogP contribution in [0.2, 0.25) is 38.8 Å². The van der Waals surface area contributed by atoms with Gasteiger partial charge in [0.1, 0.15) is 6.61 Å². The van der Waals surface area contributed by atoms with E-state index in [9.17, 15) is 14.4 Å². The largest absolute Gasteiger partial charge is 0.465 e. The van der Waals surface area contributed by atoms with E-state index in [1.54, 1.807) is 0 Å². The Morgan fingerprint density at radius 2 is 1.02 bits per heavy atom. The summed E-state index contributed by atoms with van der Waals surface area (Å²) in [6.45, 7) is 33.2. The van der Waals surface area contributed by atoms with Crippen molar-refractivity contribution < 1.29 is 42.2 Å². The second-order valence-electron chi connectivity index (χ2n) is 14.9. The van der Waals surface area contributed by atoms with E-state index in [-0.39, 0.29) is 35.7 Å². The fraction of sp³-hybridized carbons (Fsp3) is 0.923. The summed E-state index contributed by atoms with van der Waals surface area (Å²) in [6.07, 6.45) is 10.6. The number of carbonyl (C=O) groups is 3. The fourth-order valence-corrected chi connectivity index (χ4v) is 12.6. The first-order chi connectivity index (χ1) is 23.4. The molecule has 0 aliphatic carbocycles. The van der Waals surface area contributed by atoms with Crippen molar-refractivity contribution in [1.29, 1.82) is 0 Å². The molecular formula is C39H82O9Si2. The van der Waals surface area contributed by atoms with Crippen LogP contribution < -0.4 is 0 Å². The molecule has 0 saturated carbocycles. The number of hydrogen-bond acceptors (Lipinski definition) is 9. The van der Waals surface area contributed by atoms with Crippen LogP contribution in [0.4, 0.5) is 0 Å². The molecule has 300 valence electrons. The molecule has 0 N–H and O–H groups in total. The fourth-order valence-electron chi connectivity index (χ4n) is 4.47. The maximum Gasteiger partial charge on any atom is 0.308 e. The number of ether oxygens (including phenoxy) is 5. The molecule has 0 aliphatic heterocycles. The van der Waals surface area contributed by atoms with Crippen molar-refractivity contribution in [3.05, 3.63) is 0 Å². The smallest absolute Gasteiger partial charge is 0.308 e. The quantitative estimate of drug-likeness (QED) is 0.0351. The van der Waals surface area contributed by atoms with Crippen molar-refractivity contribution in [2.24, 2.45) is 23.7 Å². The maximum atomic E-state index is 11.5. The highest BCUT2D eigenvalue weighted by atomic mass is 28.4. The molecule has 0 radical (unpaired) electrons. The molecule has 0 aromatic rings. The van der Waals surface area contributed by atoms with Crippen LogP contribution in [0, 0.1) is 23.7 Å². The zero-order valence-corrected chi connectivity index (χ0v) is 37.2. The van der Waals surface area contributed by atoms with Crippen LogP contribution >= 0.6 is 0 Å². The van der Waals surface area contributed by atoms with E-state index in [4.69, 9.17) is 27.8 Å². The molecule has 0 heterocycles. The molecule has 11 heteroatoms. The summed E-state index contributed by atoms with van der Waals surface area (Å²) < 4.78 is 32.1. The van der Waals surface area contributed by atoms with Crippen molar-refractivity contribution in [2.75, 3.05) is 46.2 Å². The minimum absolute atomic E-state index is 0.0200. The number of esters is 3. The molecule has 0 fully saturated rings. The van der Waals surface area contributed by atoms with E-state index in [2.05, 4.69) is 46.6 Å². The molecule has 9 nitrogen and oxygen atoms in total. The van der Waals surface area contributed by atoms with E-state index in [1.165, 1.54) is 31.7 Å². The molecule has 50 heavy (non-hydrogen) atoms. The third-order valence-corrected chi connectivity index (χ3v) is 14.6. The third kappa shape index (κ3) is 35.1. The van der Waals surface area contributed by atoms with Gasteiger partial charge in [-0.3, -0.25) is 14.4 Å². The molecule has 4 atom stereocenters. The number of rotatable bonds is 27. The average Bonchev–Trinajstić information content (AvgIpc) is 3.07. The van der Waals surface area contributed by atoms with Gasteiger partial charge in [-0.1, -0.05) is 87.5 Å². The normalized spacial score (nSPS) is 13.8. The standard InChI is InChI=1S/C15H34O3Si2.C13H26O2.C11H22O4/c1-8-14(2)15(16)17-12-10-9-11-13-20(6,7)18-19(3,4)5;1-5-8-9-12(7-3)10-15-13(14)11(4)6-2;1-4-10(3)11(12)15-9-8-14-7-6-13-5-2/h14H,8-13H2,1-7H3;11-12H,5-10H2,1-4H3;10H,4-9H2,1-3H3. The summed E-state index contributed by atoms with van der Waals surface area (Å²) in [6, 6.07) is 1.20. The Morgan fingerprint density at radius 3 is 1.48 bits per heavy atom. The van der Waals surface area contributed by atoms with Gasteiger partial charge >= 0.3 is 17.9 Å². The van der Waals surface area contributed by atoms with Crippen LogP contribution in [-0.4, -0.2) is 80.8 Å². The molecule has 0 rings (SSSR count). The van der Waals surface area contributed by atoms with Gasteiger partial charge < -0.3 is 27.8 Å². The van der Waals surface area contributed by atoms with Crippen molar-refractivity contribution in [3.8, 4) is 0 Å². The van der Waals surface area contributed by atoms with Crippen molar-refractivity contribution in [2.45, 2.75) is 165 Å². The summed E-state index contributed by atoms with van der Waals surface area (Å²) in [5.41, 5.74) is 0. The van der Waals surface area contributed by atoms with Gasteiger partial charge in [0.2, 0.25) is 0 Å². The zero-order valence-electron chi connectivity index (χ0n) is 35.2. The Kier molecular flexibility index (Phi) is 35.6. The van der Waals surface area contributed by atoms with Gasteiger partial charge in [0.15, 0.2) is 16.6 Å². The highest BCUT2D eigenvalue weighted by Crippen LogP contribution is 2.21. The molecule has 0 saturated heterocycles. The molecule has 0 amide bonds. The second kappa shape index (κ2) is 33.6. The van der Waals surface area contributed by atoms with Gasteiger partial charge in [0.05, 0.1) is 50.8 Å². The monoisotopic (exact) mass is 751 g/mol. The molecule has 0 spiro atoms. The number of carbonyl (C=O) groups excluding carboxylic acids is 3. The molecule has 0 aliphatic rings. The highest BCUT2D eigenvalue weighted by Gasteiger charge is 2.28. The third-order valence-electron chi connectivity index (χ3n) is 8.35. The summed E-state index contributed by atoms with van der Waals surface area (Å²) in [7, 11) is -2.90. The summed E-state index contributed by atoms with van der Waals surface area (Å²) in [5, 5.41) is 0. The van der Waals surface area contributed by atoms with Crippen LogP contribution in [0.3, 0.4) is 0 Å². The van der Waals surface area contributed by atoms with Crippen LogP contribution in [0.5, 0.6) is 0 Å². The van der Waals surface area contributed by atoms with Gasteiger partial charge in [-0.2, -0.15) is 0 Å². The van der Waals surface area contributed by atoms with Crippen molar-refractivity contribution in [1.82, 2.24) is 0 Å². The lowest BCUT2D eigenvalue weighted by atomic mass is 10.0. The van der Waals surface area contributed by atoms with E-state index < -0.39 is 16.6 Å². The summed E-state index contributed by atoms with van der Waals surface area (Å²) >= 11 is 0. The van der Waals surface area contributed by atoms with E-state index in [1.807, 2.05) is 48.5 Å². The first kappa shape index (κ1) is 53.1. The van der Waals surface area contributed by atoms with E-state index >= 15 is 0 Å². The van der Waals surface area contributed by atoms with Gasteiger partial charge in [0.25, 0.3) is 0 Å². The number of unbranched alkanes of at least 4 members (excludes halogenated alkanes) is 3. The molecule has 4 unspecified atom stereocenters. The Bertz CT molecular complexity index is 818. The first-order valence-corrected chi connectivity index (χ1v) is 26.3. The average molecular weight is 751 g/mol. The Morgan fingerprint density at radius 1 is 0.540 bits per heavy atom. The minimum atomic E-state index is -1.49. The summed E-state index contributed by atoms with van der Waals surface area (Å²) in [5.74, 6) is 0.383. The Labute approximate surface area is 311 Å². The van der Waals surface area contributed by atoms with Gasteiger partial charge in [-0.05, 0) is 83.7 Å². The van der Waals surface area contributed by atoms with Crippen LogP contribution in [0.25, 0.3) is 0 Å². The maximum absolute atomic E-state index is 11.5. The molecular weight excluding hydrogens is 669 g/mol. The second-order valence-corrected chi connectivity index (χ2v) is 24.0. The lowest BCUT2D eigenvalue weighted by Crippen LogP contribution is -2.42. The SMILES string of the molecule is CCC(C)C(=O)OCCCCC[Si](C)(C)O[Si](C)(C)C.CCCCC(CC)COC(=O)C(C)CC.CCOCCOCCOC(=O)C(C)CC. The predicted molar refractivity (Wildman–Crippen MR) is 212 cm³/mol. The molecule has 0 bridgehead atoms. The molecule has 0 aromatic carbocycles.